The minimum atomic E-state index is -0.143. The lowest BCUT2D eigenvalue weighted by atomic mass is 10.1. The molecular weight excluding hydrogens is 393 g/mol. The van der Waals surface area contributed by atoms with Gasteiger partial charge in [-0.2, -0.15) is 0 Å². The molecule has 3 rings (SSSR count). The average Bonchev–Trinajstić information content (AvgIpc) is 3.03. The molecule has 3 aromatic rings. The smallest absolute Gasteiger partial charge is 0.255 e. The lowest BCUT2D eigenvalue weighted by Crippen LogP contribution is -2.13. The van der Waals surface area contributed by atoms with Crippen molar-refractivity contribution in [2.24, 2.45) is 0 Å². The van der Waals surface area contributed by atoms with E-state index in [0.717, 1.165) is 20.5 Å². The summed E-state index contributed by atoms with van der Waals surface area (Å²) in [6.07, 6.45) is 1.52. The predicted molar refractivity (Wildman–Crippen MR) is 91.0 cm³/mol. The van der Waals surface area contributed by atoms with Gasteiger partial charge in [-0.25, -0.2) is 4.68 Å². The van der Waals surface area contributed by atoms with Crippen molar-refractivity contribution in [3.63, 3.8) is 0 Å². The van der Waals surface area contributed by atoms with Crippen LogP contribution in [0.3, 0.4) is 0 Å². The van der Waals surface area contributed by atoms with Crippen LogP contribution < -0.4 is 5.32 Å². The number of carbonyl (C=O) groups excluding carboxylic acids is 1. The molecule has 0 atom stereocenters. The largest absolute Gasteiger partial charge is 0.321 e. The molecule has 0 radical (unpaired) electrons. The second kappa shape index (κ2) is 6.22. The number of benzene rings is 2. The van der Waals surface area contributed by atoms with Crippen molar-refractivity contribution in [2.75, 3.05) is 5.32 Å². The van der Waals surface area contributed by atoms with Crippen LogP contribution in [0.25, 0.3) is 5.69 Å². The molecule has 0 saturated heterocycles. The molecule has 6 nitrogen and oxygen atoms in total. The number of anilines is 1. The van der Waals surface area contributed by atoms with Crippen LogP contribution in [0.15, 0.2) is 48.8 Å². The third-order valence-corrected chi connectivity index (χ3v) is 4.12. The maximum Gasteiger partial charge on any atom is 0.255 e. The van der Waals surface area contributed by atoms with Crippen LogP contribution >= 0.6 is 22.6 Å². The number of halogens is 1. The molecule has 1 aromatic heterocycles. The molecule has 0 saturated carbocycles. The minimum Gasteiger partial charge on any atom is -0.321 e. The molecule has 22 heavy (non-hydrogen) atoms. The SMILES string of the molecule is Cc1cc(C(=O)Nc2ccccc2I)ccc1-n1cnnn1. The summed E-state index contributed by atoms with van der Waals surface area (Å²) >= 11 is 2.19. The van der Waals surface area contributed by atoms with E-state index in [2.05, 4.69) is 43.4 Å². The van der Waals surface area contributed by atoms with Gasteiger partial charge in [-0.3, -0.25) is 4.79 Å². The number of aryl methyl sites for hydroxylation is 1. The second-order valence-corrected chi connectivity index (χ2v) is 5.85. The van der Waals surface area contributed by atoms with Crippen molar-refractivity contribution in [2.45, 2.75) is 6.92 Å². The fraction of sp³-hybridized carbons (Fsp3) is 0.0667. The molecule has 0 bridgehead atoms. The van der Waals surface area contributed by atoms with Crippen molar-refractivity contribution in [3.8, 4) is 5.69 Å². The number of nitrogens with zero attached hydrogens (tertiary/aromatic N) is 4. The quantitative estimate of drug-likeness (QED) is 0.681. The summed E-state index contributed by atoms with van der Waals surface area (Å²) in [6, 6.07) is 13.1. The molecule has 0 spiro atoms. The molecule has 1 N–H and O–H groups in total. The number of nitrogens with one attached hydrogen (secondary N) is 1. The predicted octanol–water partition coefficient (Wildman–Crippen LogP) is 2.83. The van der Waals surface area contributed by atoms with Crippen LogP contribution in [-0.4, -0.2) is 26.1 Å². The molecule has 7 heteroatoms. The van der Waals surface area contributed by atoms with E-state index in [0.29, 0.717) is 5.56 Å². The Balaban J connectivity index is 1.85. The Kier molecular flexibility index (Phi) is 4.14. The zero-order valence-electron chi connectivity index (χ0n) is 11.7. The van der Waals surface area contributed by atoms with E-state index in [1.807, 2.05) is 43.3 Å². The number of amides is 1. The van der Waals surface area contributed by atoms with Crippen LogP contribution in [0.4, 0.5) is 5.69 Å². The van der Waals surface area contributed by atoms with E-state index in [-0.39, 0.29) is 5.91 Å². The maximum atomic E-state index is 12.4. The maximum absolute atomic E-state index is 12.4. The molecule has 1 amide bonds. The number of aromatic nitrogens is 4. The summed E-state index contributed by atoms with van der Waals surface area (Å²) in [5.74, 6) is -0.143. The van der Waals surface area contributed by atoms with E-state index in [4.69, 9.17) is 0 Å². The molecule has 0 aliphatic carbocycles. The molecule has 110 valence electrons. The Morgan fingerprint density at radius 3 is 2.73 bits per heavy atom. The summed E-state index contributed by atoms with van der Waals surface area (Å²) in [7, 11) is 0. The zero-order chi connectivity index (χ0) is 15.5. The van der Waals surface area contributed by atoms with Crippen LogP contribution in [0.1, 0.15) is 15.9 Å². The van der Waals surface area contributed by atoms with Gasteiger partial charge < -0.3 is 5.32 Å². The Morgan fingerprint density at radius 1 is 1.23 bits per heavy atom. The Bertz CT molecular complexity index is 817. The van der Waals surface area contributed by atoms with Gasteiger partial charge >= 0.3 is 0 Å². The Labute approximate surface area is 140 Å². The molecule has 0 unspecified atom stereocenters. The number of para-hydroxylation sites is 1. The monoisotopic (exact) mass is 405 g/mol. The van der Waals surface area contributed by atoms with Crippen molar-refractivity contribution >= 4 is 34.2 Å². The molecule has 0 aliphatic rings. The number of rotatable bonds is 3. The summed E-state index contributed by atoms with van der Waals surface area (Å²) < 4.78 is 2.56. The first-order valence-electron chi connectivity index (χ1n) is 6.55. The average molecular weight is 405 g/mol. The minimum absolute atomic E-state index is 0.143. The van der Waals surface area contributed by atoms with E-state index < -0.39 is 0 Å². The highest BCUT2D eigenvalue weighted by Gasteiger charge is 2.10. The lowest BCUT2D eigenvalue weighted by molar-refractivity contribution is 0.102. The third-order valence-electron chi connectivity index (χ3n) is 3.18. The summed E-state index contributed by atoms with van der Waals surface area (Å²) in [5.41, 5.74) is 3.16. The molecular formula is C15H12IN5O. The van der Waals surface area contributed by atoms with Crippen molar-refractivity contribution in [3.05, 3.63) is 63.5 Å². The van der Waals surface area contributed by atoms with E-state index in [1.165, 1.54) is 6.33 Å². The Morgan fingerprint density at radius 2 is 2.05 bits per heavy atom. The highest BCUT2D eigenvalue weighted by atomic mass is 127. The third kappa shape index (κ3) is 2.98. The van der Waals surface area contributed by atoms with Gasteiger partial charge in [0, 0.05) is 9.13 Å². The van der Waals surface area contributed by atoms with E-state index in [9.17, 15) is 4.79 Å². The molecule has 0 fully saturated rings. The summed E-state index contributed by atoms with van der Waals surface area (Å²) in [6.45, 7) is 1.92. The van der Waals surface area contributed by atoms with E-state index in [1.54, 1.807) is 10.7 Å². The normalized spacial score (nSPS) is 10.5. The molecule has 1 heterocycles. The fourth-order valence-corrected chi connectivity index (χ4v) is 2.60. The van der Waals surface area contributed by atoms with E-state index >= 15 is 0 Å². The van der Waals surface area contributed by atoms with Crippen molar-refractivity contribution < 1.29 is 4.79 Å². The summed E-state index contributed by atoms with van der Waals surface area (Å²) in [4.78, 5) is 12.4. The number of hydrogen-bond acceptors (Lipinski definition) is 4. The highest BCUT2D eigenvalue weighted by molar-refractivity contribution is 14.1. The van der Waals surface area contributed by atoms with Gasteiger partial charge in [-0.1, -0.05) is 12.1 Å². The standard InChI is InChI=1S/C15H12IN5O/c1-10-8-11(6-7-14(10)21-9-17-19-20-21)15(22)18-13-5-3-2-4-12(13)16/h2-9H,1H3,(H,18,22). The highest BCUT2D eigenvalue weighted by Crippen LogP contribution is 2.19. The molecule has 2 aromatic carbocycles. The number of carbonyl (C=O) groups is 1. The van der Waals surface area contributed by atoms with Gasteiger partial charge in [0.15, 0.2) is 0 Å². The van der Waals surface area contributed by atoms with Crippen LogP contribution in [0, 0.1) is 10.5 Å². The fourth-order valence-electron chi connectivity index (χ4n) is 2.08. The number of tetrazole rings is 1. The second-order valence-electron chi connectivity index (χ2n) is 4.69. The van der Waals surface area contributed by atoms with Gasteiger partial charge in [0.2, 0.25) is 0 Å². The zero-order valence-corrected chi connectivity index (χ0v) is 13.9. The Hall–Kier alpha value is -2.29. The first kappa shape index (κ1) is 14.6. The van der Waals surface area contributed by atoms with Crippen LogP contribution in [-0.2, 0) is 0 Å². The first-order valence-corrected chi connectivity index (χ1v) is 7.63. The van der Waals surface area contributed by atoms with Crippen molar-refractivity contribution in [1.29, 1.82) is 0 Å². The number of hydrogen-bond donors (Lipinski definition) is 1. The lowest BCUT2D eigenvalue weighted by Gasteiger charge is -2.09. The first-order chi connectivity index (χ1) is 10.6. The summed E-state index contributed by atoms with van der Waals surface area (Å²) in [5, 5.41) is 14.0. The van der Waals surface area contributed by atoms with Gasteiger partial charge in [0.05, 0.1) is 11.4 Å². The van der Waals surface area contributed by atoms with Crippen LogP contribution in [0.2, 0.25) is 0 Å². The van der Waals surface area contributed by atoms with Gasteiger partial charge in [0.1, 0.15) is 6.33 Å². The molecule has 0 aliphatic heterocycles. The van der Waals surface area contributed by atoms with Gasteiger partial charge in [-0.15, -0.1) is 5.10 Å². The topological polar surface area (TPSA) is 72.7 Å². The van der Waals surface area contributed by atoms with Gasteiger partial charge in [0.25, 0.3) is 5.91 Å². The van der Waals surface area contributed by atoms with Crippen molar-refractivity contribution in [1.82, 2.24) is 20.2 Å². The van der Waals surface area contributed by atoms with Gasteiger partial charge in [-0.05, 0) is 75.8 Å². The van der Waals surface area contributed by atoms with Crippen LogP contribution in [0.5, 0.6) is 0 Å².